The summed E-state index contributed by atoms with van der Waals surface area (Å²) in [4.78, 5) is 18.8. The molecule has 13 heavy (non-hydrogen) atoms. The largest absolute Gasteiger partial charge is 0.481 e. The minimum Gasteiger partial charge on any atom is -0.481 e. The van der Waals surface area contributed by atoms with Crippen LogP contribution in [0.4, 0.5) is 0 Å². The molecule has 0 amide bonds. The fourth-order valence-electron chi connectivity index (χ4n) is 1.40. The van der Waals surface area contributed by atoms with Gasteiger partial charge in [-0.1, -0.05) is 0 Å². The molecular formula is C9H10N2O2. The van der Waals surface area contributed by atoms with Gasteiger partial charge in [-0.2, -0.15) is 0 Å². The molecule has 2 rings (SSSR count). The molecule has 1 aliphatic rings. The normalized spacial score (nSPS) is 25.6. The predicted molar refractivity (Wildman–Crippen MR) is 45.3 cm³/mol. The minimum atomic E-state index is -0.741. The molecule has 0 aromatic carbocycles. The van der Waals surface area contributed by atoms with Crippen LogP contribution in [0.25, 0.3) is 0 Å². The summed E-state index contributed by atoms with van der Waals surface area (Å²) < 4.78 is 0. The number of nitrogens with zero attached hydrogens (tertiary/aromatic N) is 2. The summed E-state index contributed by atoms with van der Waals surface area (Å²) >= 11 is 0. The lowest BCUT2D eigenvalue weighted by Crippen LogP contribution is -2.01. The van der Waals surface area contributed by atoms with Gasteiger partial charge >= 0.3 is 5.97 Å². The number of carbonyl (C=O) groups is 1. The molecule has 68 valence electrons. The molecule has 2 atom stereocenters. The maximum absolute atomic E-state index is 10.6. The molecule has 0 bridgehead atoms. The van der Waals surface area contributed by atoms with Crippen LogP contribution in [-0.2, 0) is 4.79 Å². The molecule has 1 aliphatic carbocycles. The third-order valence-corrected chi connectivity index (χ3v) is 2.25. The monoisotopic (exact) mass is 178 g/mol. The number of aryl methyl sites for hydroxylation is 1. The molecule has 1 aromatic heterocycles. The van der Waals surface area contributed by atoms with Crippen LogP contribution in [-0.4, -0.2) is 21.0 Å². The van der Waals surface area contributed by atoms with Gasteiger partial charge in [0.1, 0.15) is 5.82 Å². The summed E-state index contributed by atoms with van der Waals surface area (Å²) in [6.07, 6.45) is 2.35. The maximum Gasteiger partial charge on any atom is 0.307 e. The van der Waals surface area contributed by atoms with Crippen molar-refractivity contribution in [3.63, 3.8) is 0 Å². The molecule has 1 fully saturated rings. The Balaban J connectivity index is 2.16. The Labute approximate surface area is 75.6 Å². The van der Waals surface area contributed by atoms with Crippen LogP contribution in [0.1, 0.15) is 23.9 Å². The van der Waals surface area contributed by atoms with Crippen molar-refractivity contribution in [1.29, 1.82) is 0 Å². The second-order valence-corrected chi connectivity index (χ2v) is 3.34. The van der Waals surface area contributed by atoms with Gasteiger partial charge in [-0.15, -0.1) is 0 Å². The highest BCUT2D eigenvalue weighted by Gasteiger charge is 2.46. The first kappa shape index (κ1) is 8.16. The van der Waals surface area contributed by atoms with E-state index in [0.717, 1.165) is 5.69 Å². The summed E-state index contributed by atoms with van der Waals surface area (Å²) in [7, 11) is 0. The molecule has 1 heterocycles. The third kappa shape index (κ3) is 1.52. The molecule has 4 heteroatoms. The number of aliphatic carboxylic acids is 1. The highest BCUT2D eigenvalue weighted by Crippen LogP contribution is 2.45. The number of rotatable bonds is 2. The molecule has 4 nitrogen and oxygen atoms in total. The Kier molecular flexibility index (Phi) is 1.76. The number of carboxylic acids is 1. The summed E-state index contributed by atoms with van der Waals surface area (Å²) in [6, 6.07) is 1.81. The summed E-state index contributed by atoms with van der Waals surface area (Å²) in [6.45, 7) is 1.88. The quantitative estimate of drug-likeness (QED) is 0.733. The van der Waals surface area contributed by atoms with E-state index in [0.29, 0.717) is 12.2 Å². The van der Waals surface area contributed by atoms with Gasteiger partial charge in [0, 0.05) is 17.8 Å². The molecule has 1 N–H and O–H groups in total. The summed E-state index contributed by atoms with van der Waals surface area (Å²) in [5.41, 5.74) is 0.890. The van der Waals surface area contributed by atoms with E-state index in [4.69, 9.17) is 5.11 Å². The van der Waals surface area contributed by atoms with E-state index >= 15 is 0 Å². The smallest absolute Gasteiger partial charge is 0.307 e. The third-order valence-electron chi connectivity index (χ3n) is 2.25. The molecule has 0 spiro atoms. The first-order chi connectivity index (χ1) is 6.18. The summed E-state index contributed by atoms with van der Waals surface area (Å²) in [5.74, 6) is -0.290. The molecule has 1 saturated carbocycles. The van der Waals surface area contributed by atoms with Crippen LogP contribution < -0.4 is 0 Å². The Hall–Kier alpha value is -1.45. The second kappa shape index (κ2) is 2.80. The van der Waals surface area contributed by atoms with E-state index in [9.17, 15) is 4.79 Å². The van der Waals surface area contributed by atoms with Gasteiger partial charge in [-0.25, -0.2) is 9.97 Å². The minimum absolute atomic E-state index is 0.0393. The standard InChI is InChI=1S/C9H10N2O2/c1-5-2-3-10-8(11-5)6-4-7(6)9(12)13/h2-3,6-7H,4H2,1H3,(H,12,13)/t6-,7-/m0/s1. The Morgan fingerprint density at radius 1 is 1.69 bits per heavy atom. The topological polar surface area (TPSA) is 63.1 Å². The van der Waals surface area contributed by atoms with E-state index < -0.39 is 5.97 Å². The van der Waals surface area contributed by atoms with Crippen LogP contribution in [0, 0.1) is 12.8 Å². The van der Waals surface area contributed by atoms with Crippen molar-refractivity contribution in [3.05, 3.63) is 23.8 Å². The zero-order chi connectivity index (χ0) is 9.42. The second-order valence-electron chi connectivity index (χ2n) is 3.34. The Morgan fingerprint density at radius 3 is 3.00 bits per heavy atom. The van der Waals surface area contributed by atoms with Crippen LogP contribution in [0.2, 0.25) is 0 Å². The average molecular weight is 178 g/mol. The van der Waals surface area contributed by atoms with E-state index in [-0.39, 0.29) is 11.8 Å². The van der Waals surface area contributed by atoms with Gasteiger partial charge in [0.25, 0.3) is 0 Å². The zero-order valence-electron chi connectivity index (χ0n) is 7.27. The molecule has 0 saturated heterocycles. The maximum atomic E-state index is 10.6. The fraction of sp³-hybridized carbons (Fsp3) is 0.444. The zero-order valence-corrected chi connectivity index (χ0v) is 7.27. The van der Waals surface area contributed by atoms with Crippen LogP contribution in [0.15, 0.2) is 12.3 Å². The van der Waals surface area contributed by atoms with Gasteiger partial charge in [-0.05, 0) is 19.4 Å². The molecule has 0 unspecified atom stereocenters. The highest BCUT2D eigenvalue weighted by atomic mass is 16.4. The van der Waals surface area contributed by atoms with Crippen LogP contribution >= 0.6 is 0 Å². The number of carboxylic acid groups (broad SMARTS) is 1. The van der Waals surface area contributed by atoms with Crippen molar-refractivity contribution < 1.29 is 9.90 Å². The van der Waals surface area contributed by atoms with Gasteiger partial charge < -0.3 is 5.11 Å². The highest BCUT2D eigenvalue weighted by molar-refractivity contribution is 5.74. The predicted octanol–water partition coefficient (Wildman–Crippen LogP) is 0.973. The fourth-order valence-corrected chi connectivity index (χ4v) is 1.40. The number of aromatic nitrogens is 2. The molecule has 0 aliphatic heterocycles. The Morgan fingerprint density at radius 2 is 2.46 bits per heavy atom. The molecular weight excluding hydrogens is 168 g/mol. The molecule has 0 radical (unpaired) electrons. The van der Waals surface area contributed by atoms with Crippen LogP contribution in [0.3, 0.4) is 0 Å². The van der Waals surface area contributed by atoms with E-state index in [1.54, 1.807) is 6.20 Å². The number of hydrogen-bond acceptors (Lipinski definition) is 3. The van der Waals surface area contributed by atoms with Gasteiger partial charge in [0.2, 0.25) is 0 Å². The number of hydrogen-bond donors (Lipinski definition) is 1. The first-order valence-corrected chi connectivity index (χ1v) is 4.21. The lowest BCUT2D eigenvalue weighted by Gasteiger charge is -1.97. The van der Waals surface area contributed by atoms with Crippen molar-refractivity contribution in [2.75, 3.05) is 0 Å². The Bertz CT molecular complexity index is 351. The van der Waals surface area contributed by atoms with Crippen molar-refractivity contribution in [1.82, 2.24) is 9.97 Å². The molecule has 1 aromatic rings. The lowest BCUT2D eigenvalue weighted by atomic mass is 10.3. The van der Waals surface area contributed by atoms with Gasteiger partial charge in [0.15, 0.2) is 0 Å². The van der Waals surface area contributed by atoms with Crippen molar-refractivity contribution in [2.24, 2.45) is 5.92 Å². The van der Waals surface area contributed by atoms with Crippen molar-refractivity contribution >= 4 is 5.97 Å². The van der Waals surface area contributed by atoms with Crippen molar-refractivity contribution in [3.8, 4) is 0 Å². The van der Waals surface area contributed by atoms with E-state index in [2.05, 4.69) is 9.97 Å². The van der Waals surface area contributed by atoms with Gasteiger partial charge in [0.05, 0.1) is 5.92 Å². The van der Waals surface area contributed by atoms with Crippen LogP contribution in [0.5, 0.6) is 0 Å². The van der Waals surface area contributed by atoms with E-state index in [1.807, 2.05) is 13.0 Å². The SMILES string of the molecule is Cc1ccnc([C@H]2C[C@@H]2C(=O)O)n1. The first-order valence-electron chi connectivity index (χ1n) is 4.21. The lowest BCUT2D eigenvalue weighted by molar-refractivity contribution is -0.138. The van der Waals surface area contributed by atoms with E-state index in [1.165, 1.54) is 0 Å². The average Bonchev–Trinajstić information content (AvgIpc) is 2.82. The van der Waals surface area contributed by atoms with Gasteiger partial charge in [-0.3, -0.25) is 4.79 Å². The van der Waals surface area contributed by atoms with Crippen molar-refractivity contribution in [2.45, 2.75) is 19.3 Å². The summed E-state index contributed by atoms with van der Waals surface area (Å²) in [5, 5.41) is 8.70.